The number of ether oxygens (including phenoxy) is 1. The Morgan fingerprint density at radius 2 is 1.94 bits per heavy atom. The van der Waals surface area contributed by atoms with E-state index in [0.717, 1.165) is 26.0 Å². The van der Waals surface area contributed by atoms with Gasteiger partial charge in [-0.05, 0) is 42.1 Å². The first-order valence-electron chi connectivity index (χ1n) is 5.36. The first-order valence-corrected chi connectivity index (χ1v) is 7.03. The Bertz CT molecular complexity index is 694. The summed E-state index contributed by atoms with van der Waals surface area (Å²) in [5.74, 6) is 1.38. The van der Waals surface area contributed by atoms with E-state index in [1.165, 1.54) is 6.33 Å². The molecule has 0 aliphatic carbocycles. The van der Waals surface area contributed by atoms with Crippen LogP contribution < -0.4 is 4.74 Å². The fourth-order valence-corrected chi connectivity index (χ4v) is 2.83. The lowest BCUT2D eigenvalue weighted by atomic mass is 10.3. The average molecular weight is 321 g/mol. The van der Waals surface area contributed by atoms with Gasteiger partial charge in [-0.2, -0.15) is 0 Å². The first-order chi connectivity index (χ1) is 8.74. The molecule has 0 aliphatic heterocycles. The van der Waals surface area contributed by atoms with E-state index in [-0.39, 0.29) is 0 Å². The van der Waals surface area contributed by atoms with Crippen molar-refractivity contribution in [2.45, 2.75) is 6.92 Å². The molecule has 2 aromatic heterocycles. The van der Waals surface area contributed by atoms with Crippen LogP contribution >= 0.6 is 27.3 Å². The molecule has 0 N–H and O–H groups in total. The second-order valence-corrected chi connectivity index (χ2v) is 5.63. The Morgan fingerprint density at radius 1 is 1.17 bits per heavy atom. The Hall–Kier alpha value is -1.46. The molecular formula is C13H9BrN2OS. The fourth-order valence-electron chi connectivity index (χ4n) is 1.63. The quantitative estimate of drug-likeness (QED) is 0.694. The summed E-state index contributed by atoms with van der Waals surface area (Å²) in [6, 6.07) is 7.68. The highest BCUT2D eigenvalue weighted by Crippen LogP contribution is 2.32. The second kappa shape index (κ2) is 4.66. The summed E-state index contributed by atoms with van der Waals surface area (Å²) in [5, 5.41) is 2.06. The van der Waals surface area contributed by atoms with Gasteiger partial charge in [-0.3, -0.25) is 0 Å². The van der Waals surface area contributed by atoms with Gasteiger partial charge in [0.15, 0.2) is 0 Å². The third-order valence-corrected chi connectivity index (χ3v) is 4.13. The van der Waals surface area contributed by atoms with E-state index in [4.69, 9.17) is 4.74 Å². The number of hydrogen-bond donors (Lipinski definition) is 0. The number of aromatic nitrogens is 2. The lowest BCUT2D eigenvalue weighted by Gasteiger charge is -2.05. The summed E-state index contributed by atoms with van der Waals surface area (Å²) in [4.78, 5) is 8.47. The van der Waals surface area contributed by atoms with Crippen LogP contribution in [0, 0.1) is 6.92 Å². The molecule has 0 saturated heterocycles. The van der Waals surface area contributed by atoms with Crippen LogP contribution in [0.4, 0.5) is 0 Å². The van der Waals surface area contributed by atoms with Gasteiger partial charge in [0, 0.05) is 4.47 Å². The van der Waals surface area contributed by atoms with E-state index in [1.54, 1.807) is 11.3 Å². The Morgan fingerprint density at radius 3 is 2.72 bits per heavy atom. The monoisotopic (exact) mass is 320 g/mol. The Kier molecular flexibility index (Phi) is 3.01. The zero-order valence-corrected chi connectivity index (χ0v) is 12.0. The minimum Gasteiger partial charge on any atom is -0.437 e. The van der Waals surface area contributed by atoms with Crippen molar-refractivity contribution in [2.24, 2.45) is 0 Å². The third kappa shape index (κ3) is 2.11. The molecule has 0 fully saturated rings. The molecule has 0 unspecified atom stereocenters. The molecule has 1 aromatic carbocycles. The van der Waals surface area contributed by atoms with Crippen molar-refractivity contribution >= 4 is 37.5 Å². The fraction of sp³-hybridized carbons (Fsp3) is 0.0769. The molecule has 3 rings (SSSR count). The number of halogens is 1. The van der Waals surface area contributed by atoms with Crippen LogP contribution in [0.15, 0.2) is 40.4 Å². The molecule has 18 heavy (non-hydrogen) atoms. The van der Waals surface area contributed by atoms with Crippen LogP contribution in [-0.4, -0.2) is 9.97 Å². The largest absolute Gasteiger partial charge is 0.437 e. The molecule has 0 spiro atoms. The van der Waals surface area contributed by atoms with Crippen molar-refractivity contribution in [3.05, 3.63) is 46.0 Å². The van der Waals surface area contributed by atoms with Gasteiger partial charge < -0.3 is 4.74 Å². The molecule has 0 amide bonds. The van der Waals surface area contributed by atoms with Gasteiger partial charge in [0.25, 0.3) is 0 Å². The van der Waals surface area contributed by atoms with Crippen molar-refractivity contribution in [1.29, 1.82) is 0 Å². The molecule has 0 radical (unpaired) electrons. The van der Waals surface area contributed by atoms with Gasteiger partial charge >= 0.3 is 0 Å². The summed E-state index contributed by atoms with van der Waals surface area (Å²) < 4.78 is 7.81. The molecule has 3 nitrogen and oxygen atoms in total. The molecular weight excluding hydrogens is 312 g/mol. The SMILES string of the molecule is Cc1csc2c(Oc3ccc(Br)cc3)ncnc12. The van der Waals surface area contributed by atoms with Gasteiger partial charge in [0.2, 0.25) is 5.88 Å². The van der Waals surface area contributed by atoms with E-state index >= 15 is 0 Å². The summed E-state index contributed by atoms with van der Waals surface area (Å²) in [7, 11) is 0. The predicted octanol–water partition coefficient (Wildman–Crippen LogP) is 4.55. The lowest BCUT2D eigenvalue weighted by molar-refractivity contribution is 0.469. The third-order valence-electron chi connectivity index (χ3n) is 2.53. The number of aryl methyl sites for hydroxylation is 1. The molecule has 2 heterocycles. The normalized spacial score (nSPS) is 10.8. The van der Waals surface area contributed by atoms with Crippen molar-refractivity contribution in [1.82, 2.24) is 9.97 Å². The zero-order chi connectivity index (χ0) is 12.5. The topological polar surface area (TPSA) is 35.0 Å². The van der Waals surface area contributed by atoms with E-state index < -0.39 is 0 Å². The molecule has 0 bridgehead atoms. The Labute approximate surface area is 117 Å². The van der Waals surface area contributed by atoms with Gasteiger partial charge in [0.1, 0.15) is 16.8 Å². The minimum absolute atomic E-state index is 0.612. The van der Waals surface area contributed by atoms with Gasteiger partial charge in [-0.1, -0.05) is 15.9 Å². The van der Waals surface area contributed by atoms with E-state index in [9.17, 15) is 0 Å². The van der Waals surface area contributed by atoms with E-state index in [0.29, 0.717) is 5.88 Å². The minimum atomic E-state index is 0.612. The summed E-state index contributed by atoms with van der Waals surface area (Å²) in [6.45, 7) is 2.04. The summed E-state index contributed by atoms with van der Waals surface area (Å²) in [6.07, 6.45) is 1.54. The molecule has 90 valence electrons. The van der Waals surface area contributed by atoms with Crippen LogP contribution in [0.25, 0.3) is 10.2 Å². The molecule has 3 aromatic rings. The van der Waals surface area contributed by atoms with Crippen molar-refractivity contribution < 1.29 is 4.74 Å². The number of benzene rings is 1. The lowest BCUT2D eigenvalue weighted by Crippen LogP contribution is -1.89. The van der Waals surface area contributed by atoms with Gasteiger partial charge in [-0.25, -0.2) is 9.97 Å². The van der Waals surface area contributed by atoms with Crippen molar-refractivity contribution in [2.75, 3.05) is 0 Å². The maximum Gasteiger partial charge on any atom is 0.240 e. The van der Waals surface area contributed by atoms with Crippen molar-refractivity contribution in [3.63, 3.8) is 0 Å². The number of fused-ring (bicyclic) bond motifs is 1. The highest BCUT2D eigenvalue weighted by molar-refractivity contribution is 9.10. The van der Waals surface area contributed by atoms with E-state index in [1.807, 2.05) is 31.2 Å². The molecule has 5 heteroatoms. The number of nitrogens with zero attached hydrogens (tertiary/aromatic N) is 2. The highest BCUT2D eigenvalue weighted by Gasteiger charge is 2.09. The van der Waals surface area contributed by atoms with E-state index in [2.05, 4.69) is 31.3 Å². The van der Waals surface area contributed by atoms with Crippen LogP contribution in [0.3, 0.4) is 0 Å². The maximum absolute atomic E-state index is 5.80. The summed E-state index contributed by atoms with van der Waals surface area (Å²) in [5.41, 5.74) is 2.11. The average Bonchev–Trinajstić information content (AvgIpc) is 2.76. The zero-order valence-electron chi connectivity index (χ0n) is 9.55. The number of rotatable bonds is 2. The standard InChI is InChI=1S/C13H9BrN2OS/c1-8-6-18-12-11(8)15-7-16-13(12)17-10-4-2-9(14)3-5-10/h2-7H,1H3. The van der Waals surface area contributed by atoms with Gasteiger partial charge in [-0.15, -0.1) is 11.3 Å². The van der Waals surface area contributed by atoms with Crippen LogP contribution in [0.2, 0.25) is 0 Å². The van der Waals surface area contributed by atoms with Gasteiger partial charge in [0.05, 0.1) is 5.52 Å². The molecule has 0 aliphatic rings. The molecule has 0 saturated carbocycles. The summed E-state index contributed by atoms with van der Waals surface area (Å²) >= 11 is 5.00. The predicted molar refractivity (Wildman–Crippen MR) is 76.4 cm³/mol. The van der Waals surface area contributed by atoms with Crippen LogP contribution in [-0.2, 0) is 0 Å². The maximum atomic E-state index is 5.80. The highest BCUT2D eigenvalue weighted by atomic mass is 79.9. The molecule has 0 atom stereocenters. The second-order valence-electron chi connectivity index (χ2n) is 3.83. The Balaban J connectivity index is 2.02. The number of hydrogen-bond acceptors (Lipinski definition) is 4. The number of thiophene rings is 1. The van der Waals surface area contributed by atoms with Crippen LogP contribution in [0.1, 0.15) is 5.56 Å². The smallest absolute Gasteiger partial charge is 0.240 e. The van der Waals surface area contributed by atoms with Crippen molar-refractivity contribution in [3.8, 4) is 11.6 Å². The van der Waals surface area contributed by atoms with Crippen LogP contribution in [0.5, 0.6) is 11.6 Å². The first kappa shape index (κ1) is 11.6.